The van der Waals surface area contributed by atoms with Gasteiger partial charge in [-0.25, -0.2) is 8.42 Å². The molecule has 8 heteroatoms. The zero-order valence-electron chi connectivity index (χ0n) is 16.4. The van der Waals surface area contributed by atoms with Gasteiger partial charge in [-0.2, -0.15) is 0 Å². The van der Waals surface area contributed by atoms with E-state index in [9.17, 15) is 18.3 Å². The number of carboxylic acids is 1. The molecule has 0 saturated carbocycles. The normalized spacial score (nSPS) is 12.9. The number of benzene rings is 1. The van der Waals surface area contributed by atoms with Gasteiger partial charge in [-0.05, 0) is 44.2 Å². The van der Waals surface area contributed by atoms with Crippen LogP contribution in [0.3, 0.4) is 0 Å². The maximum Gasteiger partial charge on any atom is 0.321 e. The summed E-state index contributed by atoms with van der Waals surface area (Å²) in [5.74, 6) is 9.82. The lowest BCUT2D eigenvalue weighted by molar-refractivity contribution is -0.140. The summed E-state index contributed by atoms with van der Waals surface area (Å²) in [6.45, 7) is 5.57. The number of carboxylic acid groups (broad SMARTS) is 1. The molecule has 0 heterocycles. The van der Waals surface area contributed by atoms with Gasteiger partial charge in [0, 0.05) is 0 Å². The fraction of sp³-hybridized carbons (Fsp3) is 0.450. The summed E-state index contributed by atoms with van der Waals surface area (Å²) in [6.07, 6.45) is 0. The van der Waals surface area contributed by atoms with Crippen LogP contribution in [0.4, 0.5) is 0 Å². The topological polar surface area (TPSA) is 105 Å². The Morgan fingerprint density at radius 1 is 1.21 bits per heavy atom. The number of aliphatic carboxylic acids is 1. The second-order valence-electron chi connectivity index (χ2n) is 6.19. The van der Waals surface area contributed by atoms with Crippen LogP contribution in [-0.4, -0.2) is 51.1 Å². The van der Waals surface area contributed by atoms with E-state index in [-0.39, 0.29) is 24.0 Å². The fourth-order valence-electron chi connectivity index (χ4n) is 2.21. The van der Waals surface area contributed by atoms with E-state index >= 15 is 0 Å². The Bertz CT molecular complexity index is 871. The molecule has 1 aromatic rings. The van der Waals surface area contributed by atoms with Crippen LogP contribution < -0.4 is 15.4 Å². The molecule has 2 unspecified atom stereocenters. The van der Waals surface area contributed by atoms with E-state index in [1.165, 1.54) is 24.3 Å². The minimum Gasteiger partial charge on any atom is -0.481 e. The minimum atomic E-state index is -3.94. The van der Waals surface area contributed by atoms with Gasteiger partial charge in [0.25, 0.3) is 0 Å². The molecule has 28 heavy (non-hydrogen) atoms. The smallest absolute Gasteiger partial charge is 0.321 e. The number of rotatable bonds is 9. The molecule has 0 aliphatic rings. The van der Waals surface area contributed by atoms with Crippen LogP contribution in [0.15, 0.2) is 29.2 Å². The highest BCUT2D eigenvalue weighted by molar-refractivity contribution is 7.92. The molecule has 0 spiro atoms. The minimum absolute atomic E-state index is 0.0191. The monoisotopic (exact) mass is 406 g/mol. The number of hydrogen-bond donors (Lipinski definition) is 3. The van der Waals surface area contributed by atoms with Crippen molar-refractivity contribution < 1.29 is 23.1 Å². The van der Waals surface area contributed by atoms with Crippen LogP contribution >= 0.6 is 0 Å². The first-order valence-electron chi connectivity index (χ1n) is 8.72. The van der Waals surface area contributed by atoms with Crippen LogP contribution in [0, 0.1) is 29.6 Å². The highest BCUT2D eigenvalue weighted by Crippen LogP contribution is 2.20. The van der Waals surface area contributed by atoms with Crippen LogP contribution in [0.5, 0.6) is 5.75 Å². The summed E-state index contributed by atoms with van der Waals surface area (Å²) in [6, 6.07) is 4.81. The van der Waals surface area contributed by atoms with Crippen molar-refractivity contribution in [2.45, 2.75) is 37.1 Å². The maximum absolute atomic E-state index is 13.0. The van der Waals surface area contributed by atoms with Crippen molar-refractivity contribution in [2.75, 3.05) is 20.2 Å². The van der Waals surface area contributed by atoms with Crippen molar-refractivity contribution in [3.63, 3.8) is 0 Å². The van der Waals surface area contributed by atoms with E-state index in [4.69, 9.17) is 4.74 Å². The fourth-order valence-corrected chi connectivity index (χ4v) is 3.56. The third-order valence-corrected chi connectivity index (χ3v) is 5.52. The highest BCUT2D eigenvalue weighted by Gasteiger charge is 2.32. The van der Waals surface area contributed by atoms with Crippen LogP contribution in [-0.2, 0) is 14.6 Å². The third kappa shape index (κ3) is 6.90. The molecule has 7 nitrogen and oxygen atoms in total. The molecule has 0 aliphatic carbocycles. The molecule has 3 N–H and O–H groups in total. The quantitative estimate of drug-likeness (QED) is 0.528. The van der Waals surface area contributed by atoms with E-state index < -0.39 is 27.2 Å². The molecule has 0 bridgehead atoms. The Hall–Kier alpha value is -2.52. The Labute approximate surface area is 166 Å². The number of sulfone groups is 1. The Morgan fingerprint density at radius 2 is 1.86 bits per heavy atom. The first kappa shape index (κ1) is 23.5. The van der Waals surface area contributed by atoms with Gasteiger partial charge in [0.1, 0.15) is 18.4 Å². The highest BCUT2D eigenvalue weighted by atomic mass is 32.2. The van der Waals surface area contributed by atoms with E-state index in [1.807, 2.05) is 0 Å². The molecule has 0 fully saturated rings. The number of hydrogen-bond acceptors (Lipinski definition) is 6. The standard InChI is InChI=1S/C20H26N2O5S/c1-5-6-14-27-16-9-11-17(12-10-16)28(25,26)18(8-7-13-21-4)22-19(15(2)3)20(23)24/h9-12,15,18-19,21-22H,13-14H2,1-4H3,(H,23,24). The Kier molecular flexibility index (Phi) is 9.54. The number of carbonyl (C=O) groups is 1. The van der Waals surface area contributed by atoms with Crippen molar-refractivity contribution in [1.82, 2.24) is 10.6 Å². The second-order valence-corrected chi connectivity index (χ2v) is 8.22. The SMILES string of the molecule is CC#CCOc1ccc(S(=O)(=O)C(C#CCNC)NC(C(=O)O)C(C)C)cc1. The van der Waals surface area contributed by atoms with Crippen molar-refractivity contribution >= 4 is 15.8 Å². The van der Waals surface area contributed by atoms with Gasteiger partial charge in [-0.15, -0.1) is 5.92 Å². The molecule has 2 atom stereocenters. The molecular formula is C20H26N2O5S. The summed E-state index contributed by atoms with van der Waals surface area (Å²) in [4.78, 5) is 11.5. The van der Waals surface area contributed by atoms with Gasteiger partial charge < -0.3 is 15.2 Å². The Balaban J connectivity index is 3.17. The zero-order valence-corrected chi connectivity index (χ0v) is 17.3. The van der Waals surface area contributed by atoms with Gasteiger partial charge in [0.15, 0.2) is 5.37 Å². The molecule has 0 radical (unpaired) electrons. The lowest BCUT2D eigenvalue weighted by Gasteiger charge is -2.22. The number of nitrogens with one attached hydrogen (secondary N) is 2. The average Bonchev–Trinajstić information content (AvgIpc) is 2.64. The van der Waals surface area contributed by atoms with Crippen LogP contribution in [0.1, 0.15) is 20.8 Å². The largest absolute Gasteiger partial charge is 0.481 e. The summed E-state index contributed by atoms with van der Waals surface area (Å²) in [5.41, 5.74) is 0. The van der Waals surface area contributed by atoms with Crippen molar-refractivity contribution in [1.29, 1.82) is 0 Å². The number of ether oxygens (including phenoxy) is 1. The molecule has 0 saturated heterocycles. The predicted molar refractivity (Wildman–Crippen MR) is 107 cm³/mol. The summed E-state index contributed by atoms with van der Waals surface area (Å²) >= 11 is 0. The van der Waals surface area contributed by atoms with E-state index in [1.54, 1.807) is 27.8 Å². The zero-order chi connectivity index (χ0) is 21.2. The summed E-state index contributed by atoms with van der Waals surface area (Å²) < 4.78 is 31.5. The molecule has 0 aliphatic heterocycles. The molecule has 0 aromatic heterocycles. The lowest BCUT2D eigenvalue weighted by Crippen LogP contribution is -2.49. The average molecular weight is 407 g/mol. The van der Waals surface area contributed by atoms with Crippen LogP contribution in [0.25, 0.3) is 0 Å². The van der Waals surface area contributed by atoms with Gasteiger partial charge in [0.2, 0.25) is 9.84 Å². The first-order valence-corrected chi connectivity index (χ1v) is 10.3. The van der Waals surface area contributed by atoms with E-state index in [0.717, 1.165) is 0 Å². The van der Waals surface area contributed by atoms with Gasteiger partial charge in [-0.3, -0.25) is 10.1 Å². The van der Waals surface area contributed by atoms with E-state index in [0.29, 0.717) is 5.75 Å². The molecular weight excluding hydrogens is 380 g/mol. The molecule has 1 rings (SSSR count). The van der Waals surface area contributed by atoms with Crippen molar-refractivity contribution in [3.8, 4) is 29.4 Å². The third-order valence-electron chi connectivity index (χ3n) is 3.71. The first-order chi connectivity index (χ1) is 13.2. The summed E-state index contributed by atoms with van der Waals surface area (Å²) in [7, 11) is -2.26. The van der Waals surface area contributed by atoms with Gasteiger partial charge >= 0.3 is 5.97 Å². The molecule has 0 amide bonds. The molecule has 1 aromatic carbocycles. The van der Waals surface area contributed by atoms with Crippen molar-refractivity contribution in [2.24, 2.45) is 5.92 Å². The van der Waals surface area contributed by atoms with Crippen LogP contribution in [0.2, 0.25) is 0 Å². The predicted octanol–water partition coefficient (Wildman–Crippen LogP) is 1.11. The van der Waals surface area contributed by atoms with Gasteiger partial charge in [0.05, 0.1) is 11.4 Å². The lowest BCUT2D eigenvalue weighted by atomic mass is 10.1. The second kappa shape index (κ2) is 11.4. The Morgan fingerprint density at radius 3 is 2.36 bits per heavy atom. The maximum atomic E-state index is 13.0. The summed E-state index contributed by atoms with van der Waals surface area (Å²) in [5, 5.41) is 13.5. The molecule has 152 valence electrons. The van der Waals surface area contributed by atoms with Crippen molar-refractivity contribution in [3.05, 3.63) is 24.3 Å². The van der Waals surface area contributed by atoms with Gasteiger partial charge in [-0.1, -0.05) is 31.6 Å². The van der Waals surface area contributed by atoms with E-state index in [2.05, 4.69) is 34.3 Å².